The number of hydrogen-bond donors (Lipinski definition) is 1. The van der Waals surface area contributed by atoms with Crippen molar-refractivity contribution >= 4 is 35.3 Å². The van der Waals surface area contributed by atoms with Crippen molar-refractivity contribution in [1.82, 2.24) is 4.90 Å². The summed E-state index contributed by atoms with van der Waals surface area (Å²) in [5.41, 5.74) is 1.42. The molecular formula is C16H21N3O3S. The van der Waals surface area contributed by atoms with Crippen LogP contribution < -0.4 is 10.2 Å². The van der Waals surface area contributed by atoms with Crippen molar-refractivity contribution in [3.05, 3.63) is 24.3 Å². The Labute approximate surface area is 140 Å². The summed E-state index contributed by atoms with van der Waals surface area (Å²) < 4.78 is 4.95. The first kappa shape index (κ1) is 16.0. The van der Waals surface area contributed by atoms with Crippen molar-refractivity contribution in [3.8, 4) is 0 Å². The number of anilines is 2. The Morgan fingerprint density at radius 3 is 2.91 bits per heavy atom. The normalized spacial score (nSPS) is 24.5. The maximum absolute atomic E-state index is 12.5. The monoisotopic (exact) mass is 335 g/mol. The van der Waals surface area contributed by atoms with Gasteiger partial charge in [0.15, 0.2) is 0 Å². The van der Waals surface area contributed by atoms with E-state index in [1.807, 2.05) is 34.9 Å². The molecule has 3 amide bonds. The largest absolute Gasteiger partial charge is 0.447 e. The summed E-state index contributed by atoms with van der Waals surface area (Å²) in [6.45, 7) is 5.91. The van der Waals surface area contributed by atoms with Crippen LogP contribution in [0.4, 0.5) is 21.0 Å². The van der Waals surface area contributed by atoms with E-state index in [9.17, 15) is 9.59 Å². The minimum absolute atomic E-state index is 0.0919. The van der Waals surface area contributed by atoms with Gasteiger partial charge in [0.1, 0.15) is 6.61 Å². The molecule has 6 nitrogen and oxygen atoms in total. The molecule has 0 bridgehead atoms. The second-order valence-corrected chi connectivity index (χ2v) is 7.24. The molecule has 1 aromatic rings. The van der Waals surface area contributed by atoms with Gasteiger partial charge in [-0.2, -0.15) is 11.8 Å². The Morgan fingerprint density at radius 2 is 2.17 bits per heavy atom. The van der Waals surface area contributed by atoms with Crippen LogP contribution in [0.3, 0.4) is 0 Å². The predicted octanol–water partition coefficient (Wildman–Crippen LogP) is 3.00. The highest BCUT2D eigenvalue weighted by Gasteiger charge is 2.29. The number of cyclic esters (lactones) is 1. The number of ether oxygens (including phenoxy) is 1. The van der Waals surface area contributed by atoms with Gasteiger partial charge in [-0.25, -0.2) is 9.59 Å². The highest BCUT2D eigenvalue weighted by Crippen LogP contribution is 2.26. The number of urea groups is 1. The van der Waals surface area contributed by atoms with E-state index in [-0.39, 0.29) is 18.2 Å². The highest BCUT2D eigenvalue weighted by molar-refractivity contribution is 8.00. The van der Waals surface area contributed by atoms with E-state index in [0.717, 1.165) is 18.0 Å². The predicted molar refractivity (Wildman–Crippen MR) is 92.2 cm³/mol. The highest BCUT2D eigenvalue weighted by atomic mass is 32.2. The molecule has 2 fully saturated rings. The lowest BCUT2D eigenvalue weighted by Crippen LogP contribution is -2.49. The second-order valence-electron chi connectivity index (χ2n) is 5.76. The average molecular weight is 335 g/mol. The molecule has 2 aliphatic rings. The smallest absolute Gasteiger partial charge is 0.414 e. The lowest BCUT2D eigenvalue weighted by Gasteiger charge is -2.37. The Hall–Kier alpha value is -1.89. The van der Waals surface area contributed by atoms with Gasteiger partial charge in [-0.15, -0.1) is 0 Å². The number of nitrogens with one attached hydrogen (secondary N) is 1. The van der Waals surface area contributed by atoms with Gasteiger partial charge in [-0.05, 0) is 25.1 Å². The number of carbonyl (C=O) groups excluding carboxylic acids is 2. The third kappa shape index (κ3) is 3.39. The molecule has 1 aromatic carbocycles. The summed E-state index contributed by atoms with van der Waals surface area (Å²) in [6.07, 6.45) is -0.344. The Bertz CT molecular complexity index is 610. The molecule has 124 valence electrons. The van der Waals surface area contributed by atoms with Gasteiger partial charge < -0.3 is 15.0 Å². The van der Waals surface area contributed by atoms with Gasteiger partial charge in [0.25, 0.3) is 0 Å². The minimum atomic E-state index is -0.344. The lowest BCUT2D eigenvalue weighted by atomic mass is 10.2. The number of nitrogens with zero attached hydrogens (tertiary/aromatic N) is 2. The average Bonchev–Trinajstić information content (AvgIpc) is 2.96. The van der Waals surface area contributed by atoms with Crippen molar-refractivity contribution in [2.24, 2.45) is 0 Å². The van der Waals surface area contributed by atoms with Crippen molar-refractivity contribution in [3.63, 3.8) is 0 Å². The number of thioether (sulfide) groups is 1. The van der Waals surface area contributed by atoms with Crippen LogP contribution in [0.5, 0.6) is 0 Å². The van der Waals surface area contributed by atoms with E-state index in [1.54, 1.807) is 11.0 Å². The van der Waals surface area contributed by atoms with Gasteiger partial charge in [0, 0.05) is 35.0 Å². The molecule has 2 atom stereocenters. The fourth-order valence-corrected chi connectivity index (χ4v) is 3.89. The van der Waals surface area contributed by atoms with Crippen LogP contribution in [0, 0.1) is 0 Å². The Balaban J connectivity index is 1.70. The van der Waals surface area contributed by atoms with Gasteiger partial charge >= 0.3 is 12.1 Å². The van der Waals surface area contributed by atoms with E-state index in [2.05, 4.69) is 19.2 Å². The Morgan fingerprint density at radius 1 is 1.35 bits per heavy atom. The van der Waals surface area contributed by atoms with Crippen LogP contribution in [0.25, 0.3) is 0 Å². The number of amides is 3. The molecule has 0 radical (unpaired) electrons. The van der Waals surface area contributed by atoms with E-state index < -0.39 is 0 Å². The zero-order chi connectivity index (χ0) is 16.4. The molecule has 2 saturated heterocycles. The van der Waals surface area contributed by atoms with Crippen molar-refractivity contribution in [2.45, 2.75) is 25.1 Å². The molecule has 3 rings (SSSR count). The number of benzene rings is 1. The van der Waals surface area contributed by atoms with E-state index in [0.29, 0.717) is 24.1 Å². The van der Waals surface area contributed by atoms with Crippen molar-refractivity contribution in [1.29, 1.82) is 0 Å². The standard InChI is InChI=1S/C16H21N3O3S/c1-11-12(2)23-9-7-18(11)15(20)17-13-4-3-5-14(10-13)19-6-8-22-16(19)21/h3-5,10-12H,6-9H2,1-2H3,(H,17,20)/t11-,12-/m1/s1. The SMILES string of the molecule is C[C@@H]1[C@@H](C)SCCN1C(=O)Nc1cccc(N2CCOC2=O)c1. The maximum Gasteiger partial charge on any atom is 0.414 e. The topological polar surface area (TPSA) is 61.9 Å². The summed E-state index contributed by atoms with van der Waals surface area (Å²) >= 11 is 1.89. The third-order valence-corrected chi connectivity index (χ3v) is 5.65. The summed E-state index contributed by atoms with van der Waals surface area (Å²) in [5.74, 6) is 0.957. The number of hydrogen-bond acceptors (Lipinski definition) is 4. The molecule has 2 heterocycles. The van der Waals surface area contributed by atoms with Crippen molar-refractivity contribution in [2.75, 3.05) is 35.7 Å². The molecule has 0 spiro atoms. The van der Waals surface area contributed by atoms with Crippen molar-refractivity contribution < 1.29 is 14.3 Å². The summed E-state index contributed by atoms with van der Waals surface area (Å²) in [5, 5.41) is 3.37. The molecule has 0 aliphatic carbocycles. The van der Waals surface area contributed by atoms with Gasteiger partial charge in [0.05, 0.1) is 6.54 Å². The molecule has 7 heteroatoms. The summed E-state index contributed by atoms with van der Waals surface area (Å²) in [7, 11) is 0. The molecule has 0 aromatic heterocycles. The van der Waals surface area contributed by atoms with Gasteiger partial charge in [0.2, 0.25) is 0 Å². The molecule has 0 unspecified atom stereocenters. The van der Waals surface area contributed by atoms with E-state index in [1.165, 1.54) is 0 Å². The fraction of sp³-hybridized carbons (Fsp3) is 0.500. The summed E-state index contributed by atoms with van der Waals surface area (Å²) in [6, 6.07) is 7.41. The van der Waals surface area contributed by atoms with Crippen LogP contribution in [0.1, 0.15) is 13.8 Å². The minimum Gasteiger partial charge on any atom is -0.447 e. The van der Waals surface area contributed by atoms with Gasteiger partial charge in [-0.3, -0.25) is 4.90 Å². The maximum atomic E-state index is 12.5. The quantitative estimate of drug-likeness (QED) is 0.902. The van der Waals surface area contributed by atoms with Crippen LogP contribution in [-0.2, 0) is 4.74 Å². The zero-order valence-electron chi connectivity index (χ0n) is 13.3. The molecule has 0 saturated carbocycles. The lowest BCUT2D eigenvalue weighted by molar-refractivity contribution is 0.181. The van der Waals surface area contributed by atoms with E-state index >= 15 is 0 Å². The Kier molecular flexibility index (Phi) is 4.66. The fourth-order valence-electron chi connectivity index (χ4n) is 2.79. The first-order valence-corrected chi connectivity index (χ1v) is 8.85. The molecular weight excluding hydrogens is 314 g/mol. The number of carbonyl (C=O) groups is 2. The van der Waals surface area contributed by atoms with Crippen LogP contribution in [0.2, 0.25) is 0 Å². The third-order valence-electron chi connectivity index (χ3n) is 4.31. The molecule has 1 N–H and O–H groups in total. The first-order chi connectivity index (χ1) is 11.1. The zero-order valence-corrected chi connectivity index (χ0v) is 14.1. The summed E-state index contributed by atoms with van der Waals surface area (Å²) in [4.78, 5) is 27.6. The van der Waals surface area contributed by atoms with Crippen LogP contribution in [-0.4, -0.2) is 53.8 Å². The van der Waals surface area contributed by atoms with E-state index in [4.69, 9.17) is 4.74 Å². The molecule has 23 heavy (non-hydrogen) atoms. The van der Waals surface area contributed by atoms with Gasteiger partial charge in [-0.1, -0.05) is 13.0 Å². The number of rotatable bonds is 2. The molecule has 2 aliphatic heterocycles. The first-order valence-electron chi connectivity index (χ1n) is 7.80. The van der Waals surface area contributed by atoms with Crippen LogP contribution >= 0.6 is 11.8 Å². The van der Waals surface area contributed by atoms with Crippen LogP contribution in [0.15, 0.2) is 24.3 Å². The second kappa shape index (κ2) is 6.70.